The molecule has 2 aromatic carbocycles. The van der Waals surface area contributed by atoms with Gasteiger partial charge in [-0.1, -0.05) is 0 Å². The Morgan fingerprint density at radius 2 is 1.76 bits per heavy atom. The van der Waals surface area contributed by atoms with E-state index in [0.29, 0.717) is 11.4 Å². The molecular weight excluding hydrogens is 292 g/mol. The molecule has 0 amide bonds. The molecular formula is C14H16N2O4S. The minimum Gasteiger partial charge on any atom is -0.508 e. The number of phenols is 1. The van der Waals surface area contributed by atoms with Crippen molar-refractivity contribution in [3.63, 3.8) is 0 Å². The Balaban J connectivity index is 2.49. The van der Waals surface area contributed by atoms with Gasteiger partial charge in [0.1, 0.15) is 16.4 Å². The summed E-state index contributed by atoms with van der Waals surface area (Å²) in [5.74, 6) is 0.246. The van der Waals surface area contributed by atoms with E-state index >= 15 is 0 Å². The fourth-order valence-electron chi connectivity index (χ4n) is 1.85. The monoisotopic (exact) mass is 308 g/mol. The summed E-state index contributed by atoms with van der Waals surface area (Å²) in [7, 11) is -0.982. The van der Waals surface area contributed by atoms with Crippen LogP contribution in [0.1, 0.15) is 0 Å². The molecule has 112 valence electrons. The van der Waals surface area contributed by atoms with Crippen LogP contribution in [-0.4, -0.2) is 27.7 Å². The van der Waals surface area contributed by atoms with Gasteiger partial charge in [0.05, 0.1) is 12.8 Å². The molecule has 2 aromatic rings. The van der Waals surface area contributed by atoms with Crippen molar-refractivity contribution in [1.82, 2.24) is 0 Å². The number of nitrogen functional groups attached to an aromatic ring is 1. The van der Waals surface area contributed by atoms with E-state index in [9.17, 15) is 13.5 Å². The normalized spacial score (nSPS) is 11.1. The van der Waals surface area contributed by atoms with Gasteiger partial charge in [0.25, 0.3) is 10.0 Å². The molecule has 21 heavy (non-hydrogen) atoms. The fourth-order valence-corrected chi connectivity index (χ4v) is 3.18. The molecule has 0 saturated carbocycles. The zero-order chi connectivity index (χ0) is 15.6. The van der Waals surface area contributed by atoms with Crippen LogP contribution in [0.25, 0.3) is 0 Å². The quantitative estimate of drug-likeness (QED) is 0.840. The first-order chi connectivity index (χ1) is 9.86. The van der Waals surface area contributed by atoms with E-state index in [1.54, 1.807) is 0 Å². The molecule has 0 bridgehead atoms. The Morgan fingerprint density at radius 3 is 2.33 bits per heavy atom. The third kappa shape index (κ3) is 2.87. The standard InChI is InChI=1S/C14H16N2O4S/c1-16(11-4-6-12(17)7-5-11)21(18,19)14-8-3-10(15)9-13(14)20-2/h3-9,17H,15H2,1-2H3. The van der Waals surface area contributed by atoms with Gasteiger partial charge in [-0.25, -0.2) is 8.42 Å². The maximum atomic E-state index is 12.7. The highest BCUT2D eigenvalue weighted by Crippen LogP contribution is 2.31. The zero-order valence-electron chi connectivity index (χ0n) is 11.6. The third-order valence-corrected chi connectivity index (χ3v) is 4.86. The average Bonchev–Trinajstić information content (AvgIpc) is 2.46. The van der Waals surface area contributed by atoms with Crippen LogP contribution in [0.5, 0.6) is 11.5 Å². The molecule has 0 aliphatic carbocycles. The number of rotatable bonds is 4. The molecule has 7 heteroatoms. The molecule has 0 saturated heterocycles. The number of aromatic hydroxyl groups is 1. The number of ether oxygens (including phenoxy) is 1. The van der Waals surface area contributed by atoms with E-state index in [0.717, 1.165) is 4.31 Å². The largest absolute Gasteiger partial charge is 0.508 e. The molecule has 0 spiro atoms. The molecule has 0 fully saturated rings. The van der Waals surface area contributed by atoms with Crippen LogP contribution in [0.2, 0.25) is 0 Å². The summed E-state index contributed by atoms with van der Waals surface area (Å²) >= 11 is 0. The third-order valence-electron chi connectivity index (χ3n) is 3.04. The van der Waals surface area contributed by atoms with Gasteiger partial charge in [0.15, 0.2) is 0 Å². The van der Waals surface area contributed by atoms with Crippen LogP contribution < -0.4 is 14.8 Å². The summed E-state index contributed by atoms with van der Waals surface area (Å²) in [6.07, 6.45) is 0. The maximum absolute atomic E-state index is 12.7. The second kappa shape index (κ2) is 5.53. The summed E-state index contributed by atoms with van der Waals surface area (Å²) in [6.45, 7) is 0. The Labute approximate surface area is 123 Å². The minimum absolute atomic E-state index is 0.0229. The molecule has 0 aliphatic rings. The number of methoxy groups -OCH3 is 1. The molecule has 2 rings (SSSR count). The second-order valence-corrected chi connectivity index (χ2v) is 6.34. The molecule has 3 N–H and O–H groups in total. The van der Waals surface area contributed by atoms with Gasteiger partial charge < -0.3 is 15.6 Å². The lowest BCUT2D eigenvalue weighted by Crippen LogP contribution is -2.26. The molecule has 6 nitrogen and oxygen atoms in total. The van der Waals surface area contributed by atoms with Crippen molar-refractivity contribution in [3.8, 4) is 11.5 Å². The highest BCUT2D eigenvalue weighted by molar-refractivity contribution is 7.92. The fraction of sp³-hybridized carbons (Fsp3) is 0.143. The number of sulfonamides is 1. The summed E-state index contributed by atoms with van der Waals surface area (Å²) in [6, 6.07) is 10.2. The van der Waals surface area contributed by atoms with Crippen molar-refractivity contribution in [2.45, 2.75) is 4.90 Å². The topological polar surface area (TPSA) is 92.9 Å². The van der Waals surface area contributed by atoms with Crippen LogP contribution in [0.3, 0.4) is 0 Å². The minimum atomic E-state index is -3.79. The SMILES string of the molecule is COc1cc(N)ccc1S(=O)(=O)N(C)c1ccc(O)cc1. The summed E-state index contributed by atoms with van der Waals surface area (Å²) in [5.41, 5.74) is 6.47. The first-order valence-corrected chi connectivity index (χ1v) is 7.51. The van der Waals surface area contributed by atoms with Crippen molar-refractivity contribution < 1.29 is 18.3 Å². The number of nitrogens with two attached hydrogens (primary N) is 1. The first-order valence-electron chi connectivity index (χ1n) is 6.07. The van der Waals surface area contributed by atoms with Crippen molar-refractivity contribution in [3.05, 3.63) is 42.5 Å². The van der Waals surface area contributed by atoms with Crippen LogP contribution in [0.4, 0.5) is 11.4 Å². The Kier molecular flexibility index (Phi) is 3.95. The van der Waals surface area contributed by atoms with E-state index in [2.05, 4.69) is 0 Å². The summed E-state index contributed by atoms with van der Waals surface area (Å²) in [4.78, 5) is 0.0229. The van der Waals surface area contributed by atoms with Gasteiger partial charge in [0, 0.05) is 18.8 Å². The van der Waals surface area contributed by atoms with Crippen molar-refractivity contribution in [1.29, 1.82) is 0 Å². The van der Waals surface area contributed by atoms with Gasteiger partial charge in [-0.2, -0.15) is 0 Å². The predicted molar refractivity (Wildman–Crippen MR) is 81.1 cm³/mol. The highest BCUT2D eigenvalue weighted by Gasteiger charge is 2.25. The van der Waals surface area contributed by atoms with Crippen molar-refractivity contribution in [2.24, 2.45) is 0 Å². The number of benzene rings is 2. The highest BCUT2D eigenvalue weighted by atomic mass is 32.2. The summed E-state index contributed by atoms with van der Waals surface area (Å²) < 4.78 is 31.5. The molecule has 0 unspecified atom stereocenters. The smallest absolute Gasteiger partial charge is 0.267 e. The molecule has 0 aliphatic heterocycles. The van der Waals surface area contributed by atoms with E-state index in [-0.39, 0.29) is 16.4 Å². The second-order valence-electron chi connectivity index (χ2n) is 4.40. The van der Waals surface area contributed by atoms with Crippen LogP contribution in [0, 0.1) is 0 Å². The zero-order valence-corrected chi connectivity index (χ0v) is 12.5. The van der Waals surface area contributed by atoms with Gasteiger partial charge in [0.2, 0.25) is 0 Å². The van der Waals surface area contributed by atoms with E-state index in [1.807, 2.05) is 0 Å². The van der Waals surface area contributed by atoms with Crippen LogP contribution in [0.15, 0.2) is 47.4 Å². The van der Waals surface area contributed by atoms with Crippen LogP contribution >= 0.6 is 0 Å². The molecule has 0 radical (unpaired) electrons. The van der Waals surface area contributed by atoms with Gasteiger partial charge in [-0.15, -0.1) is 0 Å². The van der Waals surface area contributed by atoms with Gasteiger partial charge in [-0.3, -0.25) is 4.31 Å². The number of anilines is 2. The number of hydrogen-bond acceptors (Lipinski definition) is 5. The Bertz CT molecular complexity index is 742. The van der Waals surface area contributed by atoms with Gasteiger partial charge in [-0.05, 0) is 36.4 Å². The maximum Gasteiger partial charge on any atom is 0.267 e. The van der Waals surface area contributed by atoms with E-state index in [1.165, 1.54) is 56.6 Å². The van der Waals surface area contributed by atoms with Crippen molar-refractivity contribution >= 4 is 21.4 Å². The van der Waals surface area contributed by atoms with Gasteiger partial charge >= 0.3 is 0 Å². The summed E-state index contributed by atoms with van der Waals surface area (Å²) in [5, 5.41) is 9.27. The molecule has 0 atom stereocenters. The number of hydrogen-bond donors (Lipinski definition) is 2. The first kappa shape index (κ1) is 15.0. The van der Waals surface area contributed by atoms with Crippen molar-refractivity contribution in [2.75, 3.05) is 24.2 Å². The lowest BCUT2D eigenvalue weighted by Gasteiger charge is -2.21. The van der Waals surface area contributed by atoms with Crippen LogP contribution in [-0.2, 0) is 10.0 Å². The van der Waals surface area contributed by atoms with E-state index < -0.39 is 10.0 Å². The predicted octanol–water partition coefficient (Wildman–Crippen LogP) is 1.81. The molecule has 0 heterocycles. The lowest BCUT2D eigenvalue weighted by atomic mass is 10.3. The average molecular weight is 308 g/mol. The Morgan fingerprint density at radius 1 is 1.14 bits per heavy atom. The molecule has 0 aromatic heterocycles. The number of phenolic OH excluding ortho intramolecular Hbond substituents is 1. The lowest BCUT2D eigenvalue weighted by molar-refractivity contribution is 0.403. The number of nitrogens with zero attached hydrogens (tertiary/aromatic N) is 1. The van der Waals surface area contributed by atoms with E-state index in [4.69, 9.17) is 10.5 Å². The Hall–Kier alpha value is -2.41.